The third kappa shape index (κ3) is 14.6. The van der Waals surface area contributed by atoms with Gasteiger partial charge in [-0.15, -0.1) is 0 Å². The Morgan fingerprint density at radius 1 is 1.05 bits per heavy atom. The Hall–Kier alpha value is -2.97. The maximum Gasteiger partial charge on any atom is 0.481 e. The highest BCUT2D eigenvalue weighted by molar-refractivity contribution is 8.13. The van der Waals surface area contributed by atoms with Crippen molar-refractivity contribution >= 4 is 75.1 Å². The van der Waals surface area contributed by atoms with Crippen molar-refractivity contribution in [2.75, 3.05) is 37.8 Å². The molecule has 26 nitrogen and oxygen atoms in total. The number of nitrogen functional groups attached to an aromatic ring is 1. The van der Waals surface area contributed by atoms with Crippen LogP contribution in [0.1, 0.15) is 52.7 Å². The average molecular weight is 910 g/mol. The van der Waals surface area contributed by atoms with Crippen molar-refractivity contribution in [2.45, 2.75) is 77.1 Å². The van der Waals surface area contributed by atoms with Crippen molar-refractivity contribution in [3.63, 3.8) is 0 Å². The molecule has 1 saturated heterocycles. The van der Waals surface area contributed by atoms with Gasteiger partial charge in [-0.25, -0.2) is 28.6 Å². The number of phosphoric ester groups is 3. The number of unbranched alkanes of at least 4 members (excludes halogenated alkanes) is 1. The number of aromatic nitrogens is 4. The van der Waals surface area contributed by atoms with Crippen LogP contribution in [-0.4, -0.2) is 134 Å². The van der Waals surface area contributed by atoms with Crippen LogP contribution >= 0.6 is 35.2 Å². The van der Waals surface area contributed by atoms with Crippen LogP contribution < -0.4 is 16.4 Å². The van der Waals surface area contributed by atoms with Gasteiger partial charge in [0, 0.05) is 30.7 Å². The zero-order valence-corrected chi connectivity index (χ0v) is 34.6. The molecule has 0 bridgehead atoms. The Morgan fingerprint density at radius 2 is 1.72 bits per heavy atom. The molecule has 11 N–H and O–H groups in total. The lowest BCUT2D eigenvalue weighted by atomic mass is 9.87. The number of hydrogen-bond donors (Lipinski definition) is 10. The number of hydrogen-bond acceptors (Lipinski definition) is 19. The molecule has 3 unspecified atom stereocenters. The Kier molecular flexibility index (Phi) is 17.9. The summed E-state index contributed by atoms with van der Waals surface area (Å²) in [5, 5.41) is 35.0. The molecular formula is C28H46N7O19P3S. The van der Waals surface area contributed by atoms with Crippen LogP contribution in [0.15, 0.2) is 12.7 Å². The van der Waals surface area contributed by atoms with Crippen LogP contribution in [0.4, 0.5) is 5.82 Å². The summed E-state index contributed by atoms with van der Waals surface area (Å²) < 4.78 is 62.0. The molecule has 1 aliphatic rings. The molecule has 0 saturated carbocycles. The van der Waals surface area contributed by atoms with Gasteiger partial charge < -0.3 is 56.0 Å². The number of nitrogens with zero attached hydrogens (tertiary/aromatic N) is 4. The predicted molar refractivity (Wildman–Crippen MR) is 198 cm³/mol. The zero-order chi connectivity index (χ0) is 43.6. The summed E-state index contributed by atoms with van der Waals surface area (Å²) in [5.74, 6) is -3.86. The van der Waals surface area contributed by atoms with Crippen LogP contribution in [0, 0.1) is 11.3 Å². The fourth-order valence-corrected chi connectivity index (χ4v) is 8.79. The number of rotatable bonds is 24. The first kappa shape index (κ1) is 49.4. The van der Waals surface area contributed by atoms with E-state index in [9.17, 15) is 67.8 Å². The number of nitrogens with two attached hydrogens (primary N) is 1. The number of amides is 2. The summed E-state index contributed by atoms with van der Waals surface area (Å²) in [7, 11) is -16.5. The van der Waals surface area contributed by atoms with Gasteiger partial charge in [-0.05, 0) is 6.42 Å². The number of thioether (sulfide) groups is 1. The minimum absolute atomic E-state index is 0.0191. The monoisotopic (exact) mass is 909 g/mol. The van der Waals surface area contributed by atoms with Crippen LogP contribution in [0.2, 0.25) is 0 Å². The molecule has 58 heavy (non-hydrogen) atoms. The Bertz CT molecular complexity index is 1920. The second kappa shape index (κ2) is 21.0. The van der Waals surface area contributed by atoms with Crippen molar-refractivity contribution in [2.24, 2.45) is 11.3 Å². The number of imidazole rings is 1. The maximum atomic E-state index is 12.7. The Balaban J connectivity index is 1.48. The largest absolute Gasteiger partial charge is 0.481 e. The normalized spacial score (nSPS) is 21.8. The fourth-order valence-electron chi connectivity index (χ4n) is 5.13. The van der Waals surface area contributed by atoms with E-state index in [1.807, 2.05) is 6.92 Å². The molecule has 328 valence electrons. The molecule has 8 atom stereocenters. The number of anilines is 1. The number of aliphatic carboxylic acids is 1. The number of phosphoric acid groups is 3. The molecule has 1 aliphatic heterocycles. The number of carboxylic acids is 1. The lowest BCUT2D eigenvalue weighted by Gasteiger charge is -2.30. The standard InChI is InChI=1S/C28H46N7O19P3S/c1-4-5-6-15(26(40)41)27(42)58-10-9-30-17(36)7-8-31-24(39)21(38)28(2,3)12-51-57(48,49)54-56(46,47)50-11-16-20(53-55(43,44)45)19(37)25(52-16)35-14-34-18-22(29)32-13-33-23(18)35/h13-16,19-21,25,37-38H,4-12H2,1-3H3,(H,30,36)(H,31,39)(H,40,41)(H,46,47)(H,48,49)(H2,29,32,33)(H2,43,44,45)/t15?,16-,19-,20-,21+,25-/m1/s1. The number of nitrogens with one attached hydrogen (secondary N) is 2. The van der Waals surface area contributed by atoms with Gasteiger partial charge in [0.15, 0.2) is 17.7 Å². The molecular weight excluding hydrogens is 863 g/mol. The Labute approximate surface area is 334 Å². The SMILES string of the molecule is CCCCC(C(=O)O)C(=O)SCCNC(=O)CCNC(=O)[C@H](O)C(C)(C)COP(=O)(O)OP(=O)(O)OC[C@H]1O[C@@H](n2cnc3c(N)ncnc32)[C@H](O)[C@@H]1OP(=O)(O)O. The molecule has 0 spiro atoms. The smallest absolute Gasteiger partial charge is 0.481 e. The molecule has 0 aromatic carbocycles. The summed E-state index contributed by atoms with van der Waals surface area (Å²) >= 11 is 0.776. The first-order valence-corrected chi connectivity index (χ1v) is 22.7. The lowest BCUT2D eigenvalue weighted by molar-refractivity contribution is -0.144. The van der Waals surface area contributed by atoms with Crippen molar-refractivity contribution < 1.29 is 90.4 Å². The molecule has 3 heterocycles. The van der Waals surface area contributed by atoms with E-state index in [0.29, 0.717) is 6.42 Å². The molecule has 30 heteroatoms. The summed E-state index contributed by atoms with van der Waals surface area (Å²) in [4.78, 5) is 99.1. The minimum Gasteiger partial charge on any atom is -0.481 e. The van der Waals surface area contributed by atoms with Crippen molar-refractivity contribution in [1.29, 1.82) is 0 Å². The minimum atomic E-state index is -5.59. The van der Waals surface area contributed by atoms with E-state index in [1.165, 1.54) is 13.8 Å². The summed E-state index contributed by atoms with van der Waals surface area (Å²) in [6.07, 6.45) is -5.61. The van der Waals surface area contributed by atoms with E-state index in [-0.39, 0.29) is 48.7 Å². The number of carbonyl (C=O) groups excluding carboxylic acids is 3. The van der Waals surface area contributed by atoms with Gasteiger partial charge in [0.25, 0.3) is 0 Å². The van der Waals surface area contributed by atoms with Gasteiger partial charge in [-0.3, -0.25) is 37.3 Å². The number of aliphatic hydroxyl groups excluding tert-OH is 2. The molecule has 2 amide bonds. The molecule has 0 radical (unpaired) electrons. The van der Waals surface area contributed by atoms with Crippen LogP contribution in [0.5, 0.6) is 0 Å². The van der Waals surface area contributed by atoms with E-state index >= 15 is 0 Å². The number of carboxylic acid groups (broad SMARTS) is 1. The summed E-state index contributed by atoms with van der Waals surface area (Å²) in [5.41, 5.74) is 4.20. The maximum absolute atomic E-state index is 12.7. The van der Waals surface area contributed by atoms with Gasteiger partial charge in [0.05, 0.1) is 19.5 Å². The second-order valence-corrected chi connectivity index (χ2v) is 18.6. The quantitative estimate of drug-likeness (QED) is 0.0362. The molecule has 1 fully saturated rings. The van der Waals surface area contributed by atoms with E-state index < -0.39 is 102 Å². The molecule has 0 aliphatic carbocycles. The second-order valence-electron chi connectivity index (χ2n) is 13.3. The lowest BCUT2D eigenvalue weighted by Crippen LogP contribution is -2.46. The third-order valence-corrected chi connectivity index (χ3v) is 12.3. The first-order valence-electron chi connectivity index (χ1n) is 17.2. The van der Waals surface area contributed by atoms with Gasteiger partial charge >= 0.3 is 29.4 Å². The van der Waals surface area contributed by atoms with Gasteiger partial charge in [0.1, 0.15) is 42.2 Å². The highest BCUT2D eigenvalue weighted by Crippen LogP contribution is 2.61. The van der Waals surface area contributed by atoms with E-state index in [4.69, 9.17) is 19.5 Å². The predicted octanol–water partition coefficient (Wildman–Crippen LogP) is -0.444. The fraction of sp³-hybridized carbons (Fsp3) is 0.679. The molecule has 2 aromatic heterocycles. The third-order valence-electron chi connectivity index (χ3n) is 8.18. The molecule has 2 aromatic rings. The Morgan fingerprint density at radius 3 is 2.36 bits per heavy atom. The zero-order valence-electron chi connectivity index (χ0n) is 31.1. The highest BCUT2D eigenvalue weighted by Gasteiger charge is 2.50. The van der Waals surface area contributed by atoms with Crippen molar-refractivity contribution in [3.05, 3.63) is 12.7 Å². The van der Waals surface area contributed by atoms with Crippen LogP contribution in [0.25, 0.3) is 11.2 Å². The molecule has 3 rings (SSSR count). The van der Waals surface area contributed by atoms with Crippen LogP contribution in [-0.2, 0) is 55.5 Å². The number of aliphatic hydroxyl groups is 2. The van der Waals surface area contributed by atoms with Crippen molar-refractivity contribution in [3.8, 4) is 0 Å². The van der Waals surface area contributed by atoms with Crippen LogP contribution in [0.3, 0.4) is 0 Å². The number of ether oxygens (including phenoxy) is 1. The van der Waals surface area contributed by atoms with E-state index in [2.05, 4.69) is 34.4 Å². The number of fused-ring (bicyclic) bond motifs is 1. The first-order chi connectivity index (χ1) is 26.9. The highest BCUT2D eigenvalue weighted by atomic mass is 32.2. The van der Waals surface area contributed by atoms with Gasteiger partial charge in [-0.1, -0.05) is 45.4 Å². The van der Waals surface area contributed by atoms with E-state index in [1.54, 1.807) is 0 Å². The van der Waals surface area contributed by atoms with Gasteiger partial charge in [-0.2, -0.15) is 4.31 Å². The topological polar surface area (TPSA) is 401 Å². The van der Waals surface area contributed by atoms with Gasteiger partial charge in [0.2, 0.25) is 16.9 Å². The van der Waals surface area contributed by atoms with Crippen molar-refractivity contribution in [1.82, 2.24) is 30.2 Å². The summed E-state index contributed by atoms with van der Waals surface area (Å²) in [6.45, 7) is 2.01. The number of carbonyl (C=O) groups is 4. The average Bonchev–Trinajstić information content (AvgIpc) is 3.68. The van der Waals surface area contributed by atoms with E-state index in [0.717, 1.165) is 35.4 Å². The summed E-state index contributed by atoms with van der Waals surface area (Å²) in [6, 6.07) is 0.